The first-order chi connectivity index (χ1) is 8.39. The number of rotatable bonds is 1. The summed E-state index contributed by atoms with van der Waals surface area (Å²) >= 11 is 0. The third-order valence-electron chi connectivity index (χ3n) is 3.12. The molecule has 2 heterocycles. The van der Waals surface area contributed by atoms with Crippen molar-refractivity contribution in [1.82, 2.24) is 14.1 Å². The first-order valence-corrected chi connectivity index (χ1v) is 5.53. The van der Waals surface area contributed by atoms with E-state index in [-0.39, 0.29) is 17.1 Å². The van der Waals surface area contributed by atoms with Crippen molar-refractivity contribution < 1.29 is 13.2 Å². The lowest BCUT2D eigenvalue weighted by Gasteiger charge is -2.15. The minimum absolute atomic E-state index is 0.0896. The van der Waals surface area contributed by atoms with Crippen molar-refractivity contribution in [2.45, 2.75) is 25.1 Å². The van der Waals surface area contributed by atoms with Gasteiger partial charge < -0.3 is 4.57 Å². The van der Waals surface area contributed by atoms with Crippen molar-refractivity contribution in [1.29, 1.82) is 0 Å². The monoisotopic (exact) mass is 257 g/mol. The maximum atomic E-state index is 13.0. The molecular weight excluding hydrogens is 247 g/mol. The van der Waals surface area contributed by atoms with Gasteiger partial charge in [-0.25, -0.2) is 4.98 Å². The number of imidazole rings is 1. The van der Waals surface area contributed by atoms with Gasteiger partial charge in [0, 0.05) is 13.1 Å². The molecule has 2 aromatic heterocycles. The number of aromatic nitrogens is 3. The Bertz CT molecular complexity index is 679. The molecule has 0 spiro atoms. The van der Waals surface area contributed by atoms with Crippen molar-refractivity contribution >= 4 is 11.0 Å². The van der Waals surface area contributed by atoms with Crippen LogP contribution in [0.15, 0.2) is 17.2 Å². The van der Waals surface area contributed by atoms with Crippen LogP contribution < -0.4 is 5.56 Å². The molecule has 0 aromatic carbocycles. The molecule has 1 aliphatic carbocycles. The van der Waals surface area contributed by atoms with Crippen LogP contribution in [-0.2, 0) is 13.2 Å². The Hall–Kier alpha value is -1.79. The van der Waals surface area contributed by atoms with E-state index >= 15 is 0 Å². The van der Waals surface area contributed by atoms with E-state index in [0.717, 1.165) is 10.6 Å². The molecule has 0 radical (unpaired) electrons. The molecule has 4 nitrogen and oxygen atoms in total. The fourth-order valence-corrected chi connectivity index (χ4v) is 2.15. The van der Waals surface area contributed by atoms with Gasteiger partial charge in [-0.3, -0.25) is 9.36 Å². The van der Waals surface area contributed by atoms with Gasteiger partial charge in [-0.1, -0.05) is 0 Å². The molecule has 1 saturated carbocycles. The average Bonchev–Trinajstić information content (AvgIpc) is 3.02. The Kier molecular flexibility index (Phi) is 2.11. The summed E-state index contributed by atoms with van der Waals surface area (Å²) in [6, 6.07) is 0.628. The van der Waals surface area contributed by atoms with Gasteiger partial charge in [0.05, 0.1) is 11.8 Å². The van der Waals surface area contributed by atoms with Crippen LogP contribution in [0, 0.1) is 0 Å². The van der Waals surface area contributed by atoms with E-state index in [1.54, 1.807) is 7.05 Å². The smallest absolute Gasteiger partial charge is 0.329 e. The molecule has 0 saturated heterocycles. The second-order valence-corrected chi connectivity index (χ2v) is 4.52. The molecule has 3 rings (SSSR count). The summed E-state index contributed by atoms with van der Waals surface area (Å²) in [6.45, 7) is 0. The van der Waals surface area contributed by atoms with E-state index in [4.69, 9.17) is 0 Å². The highest BCUT2D eigenvalue weighted by atomic mass is 19.4. The molecule has 18 heavy (non-hydrogen) atoms. The van der Waals surface area contributed by atoms with Crippen LogP contribution in [-0.4, -0.2) is 14.1 Å². The van der Waals surface area contributed by atoms with E-state index < -0.39 is 17.4 Å². The molecule has 0 bridgehead atoms. The molecular formula is C11H10F3N3O. The summed E-state index contributed by atoms with van der Waals surface area (Å²) in [5.74, 6) is 0. The number of alkyl halides is 3. The lowest BCUT2D eigenvalue weighted by atomic mass is 10.2. The summed E-state index contributed by atoms with van der Waals surface area (Å²) in [4.78, 5) is 16.0. The maximum Gasteiger partial charge on any atom is 0.431 e. The number of aryl methyl sites for hydroxylation is 1. The van der Waals surface area contributed by atoms with E-state index in [1.165, 1.54) is 10.9 Å². The van der Waals surface area contributed by atoms with Crippen LogP contribution in [0.5, 0.6) is 0 Å². The Balaban J connectivity index is 2.41. The predicted molar refractivity (Wildman–Crippen MR) is 58.2 cm³/mol. The number of fused-ring (bicyclic) bond motifs is 1. The molecule has 1 fully saturated rings. The first-order valence-electron chi connectivity index (χ1n) is 5.53. The normalized spacial score (nSPS) is 16.4. The van der Waals surface area contributed by atoms with Crippen LogP contribution in [0.2, 0.25) is 0 Å². The summed E-state index contributed by atoms with van der Waals surface area (Å²) in [6.07, 6.45) is -1.95. The number of hydrogen-bond donors (Lipinski definition) is 0. The molecule has 0 N–H and O–H groups in total. The number of hydrogen-bond acceptors (Lipinski definition) is 2. The average molecular weight is 257 g/mol. The lowest BCUT2D eigenvalue weighted by Crippen LogP contribution is -2.28. The molecule has 0 aliphatic heterocycles. The zero-order valence-corrected chi connectivity index (χ0v) is 9.53. The van der Waals surface area contributed by atoms with Crippen molar-refractivity contribution in [3.05, 3.63) is 28.4 Å². The molecule has 1 aliphatic rings. The molecule has 96 valence electrons. The van der Waals surface area contributed by atoms with Crippen molar-refractivity contribution in [3.63, 3.8) is 0 Å². The van der Waals surface area contributed by atoms with E-state index in [0.29, 0.717) is 12.8 Å². The fourth-order valence-electron chi connectivity index (χ4n) is 2.15. The fraction of sp³-hybridized carbons (Fsp3) is 0.455. The van der Waals surface area contributed by atoms with Gasteiger partial charge in [-0.15, -0.1) is 0 Å². The molecule has 0 amide bonds. The van der Waals surface area contributed by atoms with Crippen LogP contribution >= 0.6 is 0 Å². The highest BCUT2D eigenvalue weighted by molar-refractivity contribution is 5.74. The Morgan fingerprint density at radius 1 is 1.39 bits per heavy atom. The predicted octanol–water partition coefficient (Wildman–Crippen LogP) is 2.09. The van der Waals surface area contributed by atoms with Gasteiger partial charge in [0.15, 0.2) is 0 Å². The molecule has 2 aromatic rings. The summed E-state index contributed by atoms with van der Waals surface area (Å²) in [7, 11) is 1.60. The van der Waals surface area contributed by atoms with E-state index in [9.17, 15) is 18.0 Å². The van der Waals surface area contributed by atoms with Gasteiger partial charge in [-0.2, -0.15) is 13.2 Å². The van der Waals surface area contributed by atoms with Crippen molar-refractivity contribution in [2.75, 3.05) is 0 Å². The number of nitrogens with zero attached hydrogens (tertiary/aromatic N) is 3. The molecule has 7 heteroatoms. The van der Waals surface area contributed by atoms with Crippen LogP contribution in [0.3, 0.4) is 0 Å². The highest BCUT2D eigenvalue weighted by Crippen LogP contribution is 2.39. The van der Waals surface area contributed by atoms with Crippen molar-refractivity contribution in [2.24, 2.45) is 7.05 Å². The first kappa shape index (κ1) is 11.3. The SMILES string of the molecule is Cn1cnc2cc(C(F)(F)F)n(C3CC3)c(=O)c21. The third-order valence-corrected chi connectivity index (χ3v) is 3.12. The maximum absolute atomic E-state index is 13.0. The van der Waals surface area contributed by atoms with Gasteiger partial charge in [-0.05, 0) is 18.9 Å². The lowest BCUT2D eigenvalue weighted by molar-refractivity contribution is -0.144. The number of pyridine rings is 1. The van der Waals surface area contributed by atoms with Gasteiger partial charge >= 0.3 is 6.18 Å². The van der Waals surface area contributed by atoms with Crippen LogP contribution in [0.25, 0.3) is 11.0 Å². The largest absolute Gasteiger partial charge is 0.431 e. The quantitative estimate of drug-likeness (QED) is 0.784. The molecule has 0 atom stereocenters. The van der Waals surface area contributed by atoms with E-state index in [1.807, 2.05) is 0 Å². The third kappa shape index (κ3) is 1.53. The second-order valence-electron chi connectivity index (χ2n) is 4.52. The summed E-state index contributed by atoms with van der Waals surface area (Å²) < 4.78 is 41.2. The van der Waals surface area contributed by atoms with E-state index in [2.05, 4.69) is 4.98 Å². The summed E-state index contributed by atoms with van der Waals surface area (Å²) in [5, 5.41) is 0. The highest BCUT2D eigenvalue weighted by Gasteiger charge is 2.40. The Labute approximate surface area is 99.7 Å². The zero-order valence-electron chi connectivity index (χ0n) is 9.53. The minimum atomic E-state index is -4.53. The van der Waals surface area contributed by atoms with Crippen LogP contribution in [0.1, 0.15) is 24.6 Å². The van der Waals surface area contributed by atoms with Gasteiger partial charge in [0.25, 0.3) is 5.56 Å². The second kappa shape index (κ2) is 3.37. The number of halogens is 3. The zero-order chi connectivity index (χ0) is 13.1. The van der Waals surface area contributed by atoms with Gasteiger partial charge in [0.1, 0.15) is 11.2 Å². The Morgan fingerprint density at radius 2 is 2.06 bits per heavy atom. The minimum Gasteiger partial charge on any atom is -0.329 e. The van der Waals surface area contributed by atoms with Crippen molar-refractivity contribution in [3.8, 4) is 0 Å². The summed E-state index contributed by atoms with van der Waals surface area (Å²) in [5.41, 5.74) is -1.20. The van der Waals surface area contributed by atoms with Crippen LogP contribution in [0.4, 0.5) is 13.2 Å². The standard InChI is InChI=1S/C11H10F3N3O/c1-16-5-15-7-4-8(11(12,13)14)17(6-2-3-6)10(18)9(7)16/h4-6H,2-3H2,1H3. The Morgan fingerprint density at radius 3 is 2.61 bits per heavy atom. The van der Waals surface area contributed by atoms with Gasteiger partial charge in [0.2, 0.25) is 0 Å². The molecule has 0 unspecified atom stereocenters. The topological polar surface area (TPSA) is 39.8 Å².